The molecule has 1 saturated carbocycles. The zero-order valence-corrected chi connectivity index (χ0v) is 22.6. The van der Waals surface area contributed by atoms with E-state index < -0.39 is 35.4 Å². The minimum atomic E-state index is -1.30. The van der Waals surface area contributed by atoms with Crippen molar-refractivity contribution in [3.05, 3.63) is 34.4 Å². The van der Waals surface area contributed by atoms with Crippen LogP contribution in [0.25, 0.3) is 10.9 Å². The first-order valence-electron chi connectivity index (χ1n) is 12.4. The monoisotopic (exact) mass is 576 g/mol. The van der Waals surface area contributed by atoms with E-state index in [4.69, 9.17) is 0 Å². The first-order valence-corrected chi connectivity index (χ1v) is 13.2. The molecule has 200 valence electrons. The Bertz CT molecular complexity index is 1190. The number of aromatic amines is 1. The highest BCUT2D eigenvalue weighted by atomic mass is 79.9. The molecular weight excluding hydrogens is 544 g/mol. The van der Waals surface area contributed by atoms with Gasteiger partial charge in [-0.25, -0.2) is 4.79 Å². The van der Waals surface area contributed by atoms with Crippen LogP contribution in [-0.2, 0) is 30.4 Å². The number of aliphatic carboxylic acids is 1. The van der Waals surface area contributed by atoms with E-state index >= 15 is 0 Å². The lowest BCUT2D eigenvalue weighted by Crippen LogP contribution is -2.64. The molecule has 1 aromatic carbocycles. The van der Waals surface area contributed by atoms with Crippen molar-refractivity contribution in [3.63, 3.8) is 0 Å². The average molecular weight is 577 g/mol. The standard InChI is InChI=1S/C26H33BrN4O6/c1-15(32)6-9-20(24(35)36)30-25(37)26(10-4-3-5-11-26)31-23(34)22(29-16(2)33)12-17-14-28-21-13-18(27)7-8-19(17)21/h7-8,13-14,20,22,28H,3-6,9-12H2,1-2H3,(H,29,33)(H,30,37)(H,31,34)(H,35,36)/t20-,22-/m0/s1. The van der Waals surface area contributed by atoms with Gasteiger partial charge in [-0.3, -0.25) is 14.4 Å². The van der Waals surface area contributed by atoms with Crippen LogP contribution in [0, 0.1) is 0 Å². The second kappa shape index (κ2) is 12.4. The summed E-state index contributed by atoms with van der Waals surface area (Å²) in [4.78, 5) is 65.2. The summed E-state index contributed by atoms with van der Waals surface area (Å²) in [6.45, 7) is 2.68. The number of carboxylic acids is 1. The van der Waals surface area contributed by atoms with Crippen molar-refractivity contribution < 1.29 is 29.1 Å². The molecule has 1 fully saturated rings. The fourth-order valence-electron chi connectivity index (χ4n) is 4.79. The van der Waals surface area contributed by atoms with Gasteiger partial charge in [0.1, 0.15) is 23.4 Å². The van der Waals surface area contributed by atoms with Crippen LogP contribution in [0.1, 0.15) is 64.4 Å². The quantitative estimate of drug-likeness (QED) is 0.276. The smallest absolute Gasteiger partial charge is 0.326 e. The van der Waals surface area contributed by atoms with Crippen molar-refractivity contribution in [2.24, 2.45) is 0 Å². The number of amides is 3. The van der Waals surface area contributed by atoms with Gasteiger partial charge in [-0.2, -0.15) is 0 Å². The number of rotatable bonds is 11. The number of carbonyl (C=O) groups is 5. The summed E-state index contributed by atoms with van der Waals surface area (Å²) in [6.07, 6.45) is 4.90. The van der Waals surface area contributed by atoms with Crippen LogP contribution in [-0.4, -0.2) is 57.2 Å². The Morgan fingerprint density at radius 3 is 2.38 bits per heavy atom. The molecule has 1 aromatic heterocycles. The molecule has 2 aromatic rings. The molecule has 0 aliphatic heterocycles. The molecule has 1 aliphatic carbocycles. The number of hydrogen-bond donors (Lipinski definition) is 5. The summed E-state index contributed by atoms with van der Waals surface area (Å²) >= 11 is 3.43. The molecule has 2 atom stereocenters. The van der Waals surface area contributed by atoms with E-state index in [1.807, 2.05) is 18.2 Å². The molecule has 5 N–H and O–H groups in total. The van der Waals surface area contributed by atoms with Crippen molar-refractivity contribution >= 4 is 56.3 Å². The van der Waals surface area contributed by atoms with Gasteiger partial charge in [0.25, 0.3) is 0 Å². The Morgan fingerprint density at radius 1 is 1.05 bits per heavy atom. The summed E-state index contributed by atoms with van der Waals surface area (Å²) in [5.74, 6) is -2.91. The first kappa shape index (κ1) is 28.4. The van der Waals surface area contributed by atoms with E-state index in [1.165, 1.54) is 13.8 Å². The summed E-state index contributed by atoms with van der Waals surface area (Å²) in [6, 6.07) is 3.53. The highest BCUT2D eigenvalue weighted by Crippen LogP contribution is 2.29. The van der Waals surface area contributed by atoms with E-state index in [2.05, 4.69) is 36.9 Å². The molecule has 1 aliphatic rings. The van der Waals surface area contributed by atoms with E-state index in [1.54, 1.807) is 6.20 Å². The van der Waals surface area contributed by atoms with Gasteiger partial charge in [0.05, 0.1) is 0 Å². The van der Waals surface area contributed by atoms with Crippen molar-refractivity contribution in [1.29, 1.82) is 0 Å². The predicted molar refractivity (Wildman–Crippen MR) is 141 cm³/mol. The third-order valence-electron chi connectivity index (χ3n) is 6.74. The van der Waals surface area contributed by atoms with E-state index in [9.17, 15) is 29.1 Å². The van der Waals surface area contributed by atoms with Crippen LogP contribution in [0.15, 0.2) is 28.9 Å². The van der Waals surface area contributed by atoms with Crippen molar-refractivity contribution in [2.45, 2.75) is 82.8 Å². The highest BCUT2D eigenvalue weighted by Gasteiger charge is 2.43. The highest BCUT2D eigenvalue weighted by molar-refractivity contribution is 9.10. The van der Waals surface area contributed by atoms with Gasteiger partial charge in [-0.1, -0.05) is 41.3 Å². The van der Waals surface area contributed by atoms with Gasteiger partial charge in [0.15, 0.2) is 0 Å². The van der Waals surface area contributed by atoms with Crippen LogP contribution in [0.2, 0.25) is 0 Å². The number of carboxylic acid groups (broad SMARTS) is 1. The largest absolute Gasteiger partial charge is 0.480 e. The minimum absolute atomic E-state index is 0.0163. The van der Waals surface area contributed by atoms with Crippen molar-refractivity contribution in [1.82, 2.24) is 20.9 Å². The van der Waals surface area contributed by atoms with E-state index in [0.717, 1.165) is 27.4 Å². The molecule has 0 spiro atoms. The number of nitrogens with one attached hydrogen (secondary N) is 4. The van der Waals surface area contributed by atoms with Gasteiger partial charge in [-0.15, -0.1) is 0 Å². The molecule has 0 saturated heterocycles. The third kappa shape index (κ3) is 7.41. The topological polar surface area (TPSA) is 157 Å². The Hall–Kier alpha value is -3.21. The van der Waals surface area contributed by atoms with Gasteiger partial charge >= 0.3 is 5.97 Å². The van der Waals surface area contributed by atoms with Crippen molar-refractivity contribution in [3.8, 4) is 0 Å². The number of carbonyl (C=O) groups excluding carboxylic acids is 4. The predicted octanol–water partition coefficient (Wildman–Crippen LogP) is 2.74. The number of fused-ring (bicyclic) bond motifs is 1. The van der Waals surface area contributed by atoms with E-state index in [0.29, 0.717) is 25.7 Å². The molecule has 0 bridgehead atoms. The molecule has 11 heteroatoms. The molecule has 3 rings (SSSR count). The maximum atomic E-state index is 13.5. The maximum Gasteiger partial charge on any atom is 0.326 e. The summed E-state index contributed by atoms with van der Waals surface area (Å²) in [5, 5.41) is 18.6. The lowest BCUT2D eigenvalue weighted by atomic mass is 9.80. The molecule has 1 heterocycles. The fraction of sp³-hybridized carbons (Fsp3) is 0.500. The van der Waals surface area contributed by atoms with Gasteiger partial charge in [0.2, 0.25) is 17.7 Å². The molecular formula is C26H33BrN4O6. The Morgan fingerprint density at radius 2 is 1.76 bits per heavy atom. The first-order chi connectivity index (χ1) is 17.5. The maximum absolute atomic E-state index is 13.5. The normalized spacial score (nSPS) is 16.4. The Balaban J connectivity index is 1.82. The molecule has 10 nitrogen and oxygen atoms in total. The number of halogens is 1. The lowest BCUT2D eigenvalue weighted by Gasteiger charge is -2.38. The second-order valence-electron chi connectivity index (χ2n) is 9.70. The summed E-state index contributed by atoms with van der Waals surface area (Å²) < 4.78 is 0.901. The van der Waals surface area contributed by atoms with Gasteiger partial charge < -0.3 is 30.8 Å². The zero-order valence-electron chi connectivity index (χ0n) is 21.0. The molecule has 0 unspecified atom stereocenters. The van der Waals surface area contributed by atoms with Crippen LogP contribution in [0.5, 0.6) is 0 Å². The number of Topliss-reactive ketones (excluding diaryl/α,β-unsaturated/α-hetero) is 1. The number of hydrogen-bond acceptors (Lipinski definition) is 5. The number of ketones is 1. The SMILES string of the molecule is CC(=O)CC[C@H](NC(=O)C1(NC(=O)[C@H](Cc2c[nH]c3cc(Br)ccc23)NC(C)=O)CCCCC1)C(=O)O. The Labute approximate surface area is 223 Å². The molecule has 3 amide bonds. The van der Waals surface area contributed by atoms with Crippen LogP contribution in [0.3, 0.4) is 0 Å². The van der Waals surface area contributed by atoms with Crippen molar-refractivity contribution in [2.75, 3.05) is 0 Å². The van der Waals surface area contributed by atoms with Crippen LogP contribution in [0.4, 0.5) is 0 Å². The third-order valence-corrected chi connectivity index (χ3v) is 7.23. The molecule has 37 heavy (non-hydrogen) atoms. The van der Waals surface area contributed by atoms with E-state index in [-0.39, 0.29) is 31.0 Å². The number of benzene rings is 1. The summed E-state index contributed by atoms with van der Waals surface area (Å²) in [7, 11) is 0. The van der Waals surface area contributed by atoms with Crippen LogP contribution >= 0.6 is 15.9 Å². The summed E-state index contributed by atoms with van der Waals surface area (Å²) in [5.41, 5.74) is 0.398. The van der Waals surface area contributed by atoms with Gasteiger partial charge in [-0.05, 0) is 43.9 Å². The average Bonchev–Trinajstić information content (AvgIpc) is 3.22. The zero-order chi connectivity index (χ0) is 27.2. The number of aromatic nitrogens is 1. The lowest BCUT2D eigenvalue weighted by molar-refractivity contribution is -0.144. The van der Waals surface area contributed by atoms with Crippen LogP contribution < -0.4 is 16.0 Å². The Kier molecular flexibility index (Phi) is 9.47. The minimum Gasteiger partial charge on any atom is -0.480 e. The number of H-pyrrole nitrogens is 1. The second-order valence-corrected chi connectivity index (χ2v) is 10.6. The fourth-order valence-corrected chi connectivity index (χ4v) is 5.15. The van der Waals surface area contributed by atoms with Gasteiger partial charge in [0, 0.05) is 41.3 Å². The molecule has 0 radical (unpaired) electrons.